The van der Waals surface area contributed by atoms with Crippen LogP contribution in [-0.4, -0.2) is 42.6 Å². The van der Waals surface area contributed by atoms with E-state index in [1.165, 1.54) is 24.3 Å². The van der Waals surface area contributed by atoms with Gasteiger partial charge in [-0.1, -0.05) is 30.3 Å². The van der Waals surface area contributed by atoms with Crippen LogP contribution in [0.3, 0.4) is 0 Å². The molecule has 0 radical (unpaired) electrons. The standard InChI is InChI=1S/C16H20F3N3O2/c17-16(18,19)14(12-6-2-1-3-7-12)21-15(24)20-9-5-11-22-10-4-8-13(22)23/h1-3,6-7,14H,4-5,8-11H2,(H2,20,21,24)/t14-/m0/s1. The second-order valence-corrected chi connectivity index (χ2v) is 5.62. The minimum atomic E-state index is -4.58. The molecule has 0 aromatic heterocycles. The summed E-state index contributed by atoms with van der Waals surface area (Å²) in [5, 5.41) is 4.36. The Kier molecular flexibility index (Phi) is 6.05. The van der Waals surface area contributed by atoms with Gasteiger partial charge in [0.1, 0.15) is 0 Å². The number of benzene rings is 1. The zero-order valence-corrected chi connectivity index (χ0v) is 13.1. The minimum Gasteiger partial charge on any atom is -0.343 e. The van der Waals surface area contributed by atoms with Crippen LogP contribution in [0, 0.1) is 0 Å². The molecule has 1 atom stereocenters. The van der Waals surface area contributed by atoms with Gasteiger partial charge in [-0.25, -0.2) is 4.79 Å². The molecule has 24 heavy (non-hydrogen) atoms. The van der Waals surface area contributed by atoms with Gasteiger partial charge in [0.25, 0.3) is 0 Å². The number of amides is 3. The SMILES string of the molecule is O=C(NCCCN1CCCC1=O)N[C@@H](c1ccccc1)C(F)(F)F. The maximum Gasteiger partial charge on any atom is 0.412 e. The summed E-state index contributed by atoms with van der Waals surface area (Å²) in [4.78, 5) is 24.8. The van der Waals surface area contributed by atoms with E-state index in [1.807, 2.05) is 5.32 Å². The Morgan fingerprint density at radius 1 is 1.25 bits per heavy atom. The van der Waals surface area contributed by atoms with Crippen LogP contribution in [0.15, 0.2) is 30.3 Å². The smallest absolute Gasteiger partial charge is 0.343 e. The highest BCUT2D eigenvalue weighted by atomic mass is 19.4. The number of likely N-dealkylation sites (tertiary alicyclic amines) is 1. The molecule has 1 saturated heterocycles. The fourth-order valence-electron chi connectivity index (χ4n) is 2.59. The van der Waals surface area contributed by atoms with Crippen molar-refractivity contribution in [2.75, 3.05) is 19.6 Å². The Labute approximate surface area is 138 Å². The van der Waals surface area contributed by atoms with Gasteiger partial charge in [-0.15, -0.1) is 0 Å². The first-order chi connectivity index (χ1) is 11.4. The zero-order chi connectivity index (χ0) is 17.6. The Morgan fingerprint density at radius 3 is 2.54 bits per heavy atom. The van der Waals surface area contributed by atoms with E-state index in [2.05, 4.69) is 5.32 Å². The average Bonchev–Trinajstić information content (AvgIpc) is 2.94. The molecule has 1 aliphatic heterocycles. The maximum atomic E-state index is 13.1. The number of nitrogens with one attached hydrogen (secondary N) is 2. The first-order valence-corrected chi connectivity index (χ1v) is 7.82. The van der Waals surface area contributed by atoms with Crippen molar-refractivity contribution in [3.05, 3.63) is 35.9 Å². The van der Waals surface area contributed by atoms with E-state index in [9.17, 15) is 22.8 Å². The largest absolute Gasteiger partial charge is 0.412 e. The van der Waals surface area contributed by atoms with Crippen molar-refractivity contribution in [2.24, 2.45) is 0 Å². The lowest BCUT2D eigenvalue weighted by atomic mass is 10.1. The Balaban J connectivity index is 1.79. The number of carbonyl (C=O) groups is 2. The van der Waals surface area contributed by atoms with Gasteiger partial charge >= 0.3 is 12.2 Å². The lowest BCUT2D eigenvalue weighted by molar-refractivity contribution is -0.155. The van der Waals surface area contributed by atoms with Crippen LogP contribution >= 0.6 is 0 Å². The molecule has 5 nitrogen and oxygen atoms in total. The van der Waals surface area contributed by atoms with Crippen LogP contribution < -0.4 is 10.6 Å². The molecule has 1 fully saturated rings. The third-order valence-corrected chi connectivity index (χ3v) is 3.80. The summed E-state index contributed by atoms with van der Waals surface area (Å²) in [6.07, 6.45) is -2.71. The van der Waals surface area contributed by atoms with Crippen molar-refractivity contribution >= 4 is 11.9 Å². The van der Waals surface area contributed by atoms with Gasteiger partial charge in [0.2, 0.25) is 5.91 Å². The average molecular weight is 343 g/mol. The molecule has 0 unspecified atom stereocenters. The van der Waals surface area contributed by atoms with E-state index in [0.29, 0.717) is 25.9 Å². The molecule has 3 amide bonds. The zero-order valence-electron chi connectivity index (χ0n) is 13.1. The van der Waals surface area contributed by atoms with E-state index in [1.54, 1.807) is 11.0 Å². The lowest BCUT2D eigenvalue weighted by Gasteiger charge is -2.22. The van der Waals surface area contributed by atoms with Crippen molar-refractivity contribution < 1.29 is 22.8 Å². The topological polar surface area (TPSA) is 61.4 Å². The van der Waals surface area contributed by atoms with Gasteiger partial charge in [-0.3, -0.25) is 4.79 Å². The summed E-state index contributed by atoms with van der Waals surface area (Å²) in [7, 11) is 0. The highest BCUT2D eigenvalue weighted by molar-refractivity contribution is 5.78. The number of hydrogen-bond acceptors (Lipinski definition) is 2. The lowest BCUT2D eigenvalue weighted by Crippen LogP contribution is -2.44. The van der Waals surface area contributed by atoms with E-state index < -0.39 is 18.2 Å². The molecular weight excluding hydrogens is 323 g/mol. The summed E-state index contributed by atoms with van der Waals surface area (Å²) in [6.45, 7) is 1.41. The van der Waals surface area contributed by atoms with Gasteiger partial charge in [0, 0.05) is 26.1 Å². The van der Waals surface area contributed by atoms with Crippen LogP contribution in [0.4, 0.5) is 18.0 Å². The molecule has 0 bridgehead atoms. The predicted octanol–water partition coefficient (Wildman–Crippen LogP) is 2.60. The molecule has 2 N–H and O–H groups in total. The van der Waals surface area contributed by atoms with Crippen LogP contribution in [0.1, 0.15) is 30.9 Å². The van der Waals surface area contributed by atoms with Crippen LogP contribution in [0.25, 0.3) is 0 Å². The number of halogens is 3. The number of nitrogens with zero attached hydrogens (tertiary/aromatic N) is 1. The normalized spacial score (nSPS) is 16.1. The summed E-state index contributed by atoms with van der Waals surface area (Å²) in [6, 6.07) is 4.28. The number of urea groups is 1. The van der Waals surface area contributed by atoms with Crippen LogP contribution in [0.5, 0.6) is 0 Å². The third-order valence-electron chi connectivity index (χ3n) is 3.80. The van der Waals surface area contributed by atoms with E-state index in [0.717, 1.165) is 6.42 Å². The van der Waals surface area contributed by atoms with Crippen molar-refractivity contribution in [3.8, 4) is 0 Å². The molecule has 1 aromatic carbocycles. The Hall–Kier alpha value is -2.25. The fourth-order valence-corrected chi connectivity index (χ4v) is 2.59. The molecular formula is C16H20F3N3O2. The van der Waals surface area contributed by atoms with Crippen molar-refractivity contribution in [3.63, 3.8) is 0 Å². The summed E-state index contributed by atoms with van der Waals surface area (Å²) >= 11 is 0. The summed E-state index contributed by atoms with van der Waals surface area (Å²) < 4.78 is 39.3. The predicted molar refractivity (Wildman–Crippen MR) is 82.2 cm³/mol. The van der Waals surface area contributed by atoms with Gasteiger partial charge in [0.05, 0.1) is 0 Å². The monoisotopic (exact) mass is 343 g/mol. The number of rotatable bonds is 6. The van der Waals surface area contributed by atoms with E-state index in [4.69, 9.17) is 0 Å². The quantitative estimate of drug-likeness (QED) is 0.780. The number of carbonyl (C=O) groups excluding carboxylic acids is 2. The first kappa shape index (κ1) is 18.1. The molecule has 0 spiro atoms. The van der Waals surface area contributed by atoms with E-state index >= 15 is 0 Å². The van der Waals surface area contributed by atoms with Crippen LogP contribution in [0.2, 0.25) is 0 Å². The fraction of sp³-hybridized carbons (Fsp3) is 0.500. The van der Waals surface area contributed by atoms with Gasteiger partial charge in [0.15, 0.2) is 6.04 Å². The van der Waals surface area contributed by atoms with Gasteiger partial charge in [-0.2, -0.15) is 13.2 Å². The summed E-state index contributed by atoms with van der Waals surface area (Å²) in [5.74, 6) is 0.0839. The Morgan fingerprint density at radius 2 is 1.96 bits per heavy atom. The molecule has 0 saturated carbocycles. The third kappa shape index (κ3) is 5.14. The summed E-state index contributed by atoms with van der Waals surface area (Å²) in [5.41, 5.74) is -0.0252. The second-order valence-electron chi connectivity index (χ2n) is 5.62. The minimum absolute atomic E-state index is 0.0252. The molecule has 2 rings (SSSR count). The highest BCUT2D eigenvalue weighted by Crippen LogP contribution is 2.32. The van der Waals surface area contributed by atoms with Gasteiger partial charge < -0.3 is 15.5 Å². The van der Waals surface area contributed by atoms with Crippen LogP contribution in [-0.2, 0) is 4.79 Å². The molecule has 0 aliphatic carbocycles. The Bertz CT molecular complexity index is 563. The van der Waals surface area contributed by atoms with E-state index in [-0.39, 0.29) is 18.0 Å². The van der Waals surface area contributed by atoms with Crippen molar-refractivity contribution in [1.82, 2.24) is 15.5 Å². The molecule has 1 aliphatic rings. The number of hydrogen-bond donors (Lipinski definition) is 2. The highest BCUT2D eigenvalue weighted by Gasteiger charge is 2.41. The number of alkyl halides is 3. The second kappa shape index (κ2) is 8.03. The first-order valence-electron chi connectivity index (χ1n) is 7.82. The van der Waals surface area contributed by atoms with Gasteiger partial charge in [-0.05, 0) is 18.4 Å². The van der Waals surface area contributed by atoms with Crippen molar-refractivity contribution in [1.29, 1.82) is 0 Å². The molecule has 1 aromatic rings. The molecule has 1 heterocycles. The van der Waals surface area contributed by atoms with Crippen molar-refractivity contribution in [2.45, 2.75) is 31.5 Å². The maximum absolute atomic E-state index is 13.1. The molecule has 132 valence electrons. The molecule has 8 heteroatoms.